The van der Waals surface area contributed by atoms with E-state index < -0.39 is 5.82 Å². The molecule has 0 radical (unpaired) electrons. The fourth-order valence-electron chi connectivity index (χ4n) is 4.00. The molecule has 1 aromatic heterocycles. The average Bonchev–Trinajstić information content (AvgIpc) is 2.83. The number of aromatic nitrogens is 1. The topological polar surface area (TPSA) is 51.1 Å². The zero-order chi connectivity index (χ0) is 22.7. The van der Waals surface area contributed by atoms with Crippen molar-refractivity contribution in [2.24, 2.45) is 0 Å². The Balaban J connectivity index is 1.94. The zero-order valence-electron chi connectivity index (χ0n) is 17.5. The molecule has 0 bridgehead atoms. The van der Waals surface area contributed by atoms with E-state index >= 15 is 0 Å². The summed E-state index contributed by atoms with van der Waals surface area (Å²) in [4.78, 5) is 27.0. The summed E-state index contributed by atoms with van der Waals surface area (Å²) in [5, 5.41) is 4.21. The third-order valence-corrected chi connectivity index (χ3v) is 6.08. The predicted molar refractivity (Wildman–Crippen MR) is 129 cm³/mol. The largest absolute Gasteiger partial charge is 0.345 e. The van der Waals surface area contributed by atoms with Crippen LogP contribution in [0.1, 0.15) is 41.0 Å². The van der Waals surface area contributed by atoms with Crippen LogP contribution in [0, 0.1) is 5.82 Å². The van der Waals surface area contributed by atoms with Crippen molar-refractivity contribution in [1.82, 2.24) is 9.88 Å². The number of benzene rings is 3. The van der Waals surface area contributed by atoms with E-state index in [1.165, 1.54) is 16.7 Å². The van der Waals surface area contributed by atoms with Crippen molar-refractivity contribution in [3.8, 4) is 5.69 Å². The second-order valence-electron chi connectivity index (χ2n) is 7.44. The van der Waals surface area contributed by atoms with Crippen LogP contribution in [-0.2, 0) is 5.33 Å². The van der Waals surface area contributed by atoms with Gasteiger partial charge in [0.15, 0.2) is 0 Å². The maximum absolute atomic E-state index is 14.7. The van der Waals surface area contributed by atoms with E-state index in [2.05, 4.69) is 21.2 Å². The zero-order valence-corrected chi connectivity index (χ0v) is 19.1. The predicted octanol–water partition coefficient (Wildman–Crippen LogP) is 5.91. The van der Waals surface area contributed by atoms with E-state index in [1.807, 2.05) is 37.3 Å². The number of hydrogen-bond acceptors (Lipinski definition) is 2. The molecule has 0 fully saturated rings. The number of rotatable bonds is 6. The van der Waals surface area contributed by atoms with Crippen LogP contribution in [0.2, 0.25) is 0 Å². The number of nitrogens with one attached hydrogen (secondary N) is 1. The van der Waals surface area contributed by atoms with Crippen LogP contribution in [0.25, 0.3) is 16.5 Å². The van der Waals surface area contributed by atoms with Crippen LogP contribution in [0.15, 0.2) is 83.7 Å². The van der Waals surface area contributed by atoms with Gasteiger partial charge in [0.05, 0.1) is 23.0 Å². The molecular formula is C26H22BrFN2O2. The monoisotopic (exact) mass is 492 g/mol. The molecule has 1 atom stereocenters. The van der Waals surface area contributed by atoms with Crippen molar-refractivity contribution in [2.45, 2.75) is 24.7 Å². The fourth-order valence-corrected chi connectivity index (χ4v) is 4.53. The molecule has 4 rings (SSSR count). The Kier molecular flexibility index (Phi) is 6.51. The maximum Gasteiger partial charge on any atom is 0.263 e. The summed E-state index contributed by atoms with van der Waals surface area (Å²) in [7, 11) is 0. The number of nitrogens with zero attached hydrogens (tertiary/aromatic N) is 1. The van der Waals surface area contributed by atoms with E-state index in [9.17, 15) is 14.0 Å². The van der Waals surface area contributed by atoms with Crippen LogP contribution >= 0.6 is 15.9 Å². The minimum absolute atomic E-state index is 0.113. The van der Waals surface area contributed by atoms with Gasteiger partial charge in [-0.3, -0.25) is 14.2 Å². The van der Waals surface area contributed by atoms with Crippen LogP contribution in [0.5, 0.6) is 0 Å². The summed E-state index contributed by atoms with van der Waals surface area (Å²) in [5.74, 6) is -0.842. The standard InChI is InChI=1S/C26H22BrFN2O2/c1-2-21(17-10-4-3-5-11-17)29-25(31)24-18-12-6-7-13-19(18)26(32)30(23(24)16-27)22-15-9-8-14-20(22)28/h3-15,21H,2,16H2,1H3,(H,29,31)/t21-/m0/s1. The summed E-state index contributed by atoms with van der Waals surface area (Å²) in [6.07, 6.45) is 0.699. The summed E-state index contributed by atoms with van der Waals surface area (Å²) in [5.41, 5.74) is 1.50. The maximum atomic E-state index is 14.7. The smallest absolute Gasteiger partial charge is 0.263 e. The molecule has 32 heavy (non-hydrogen) atoms. The molecule has 4 nitrogen and oxygen atoms in total. The second kappa shape index (κ2) is 9.49. The van der Waals surface area contributed by atoms with Crippen LogP contribution < -0.4 is 10.9 Å². The Bertz CT molecular complexity index is 1330. The lowest BCUT2D eigenvalue weighted by Gasteiger charge is -2.22. The molecule has 1 heterocycles. The molecule has 0 aliphatic carbocycles. The first-order valence-electron chi connectivity index (χ1n) is 10.4. The van der Waals surface area contributed by atoms with Gasteiger partial charge in [-0.2, -0.15) is 0 Å². The highest BCUT2D eigenvalue weighted by atomic mass is 79.9. The van der Waals surface area contributed by atoms with Gasteiger partial charge < -0.3 is 5.32 Å². The molecule has 1 amide bonds. The lowest BCUT2D eigenvalue weighted by atomic mass is 10.0. The number of carbonyl (C=O) groups is 1. The molecule has 6 heteroatoms. The molecule has 0 aliphatic rings. The minimum atomic E-state index is -0.533. The number of para-hydroxylation sites is 1. The molecule has 0 unspecified atom stereocenters. The van der Waals surface area contributed by atoms with Gasteiger partial charge in [0.25, 0.3) is 11.5 Å². The van der Waals surface area contributed by atoms with Gasteiger partial charge in [0.2, 0.25) is 0 Å². The van der Waals surface area contributed by atoms with Crippen molar-refractivity contribution < 1.29 is 9.18 Å². The normalized spacial score (nSPS) is 12.0. The molecular weight excluding hydrogens is 471 g/mol. The third kappa shape index (κ3) is 3.98. The highest BCUT2D eigenvalue weighted by Crippen LogP contribution is 2.26. The number of amides is 1. The van der Waals surface area contributed by atoms with Gasteiger partial charge in [0, 0.05) is 16.1 Å². The molecule has 0 saturated carbocycles. The highest BCUT2D eigenvalue weighted by molar-refractivity contribution is 9.08. The van der Waals surface area contributed by atoms with Crippen molar-refractivity contribution in [3.05, 3.63) is 112 Å². The number of hydrogen-bond donors (Lipinski definition) is 1. The quantitative estimate of drug-likeness (QED) is 0.340. The van der Waals surface area contributed by atoms with Gasteiger partial charge >= 0.3 is 0 Å². The van der Waals surface area contributed by atoms with Gasteiger partial charge in [-0.1, -0.05) is 83.5 Å². The van der Waals surface area contributed by atoms with Crippen molar-refractivity contribution in [2.75, 3.05) is 0 Å². The van der Waals surface area contributed by atoms with Gasteiger partial charge in [0.1, 0.15) is 5.82 Å². The van der Waals surface area contributed by atoms with Crippen LogP contribution in [0.3, 0.4) is 0 Å². The first-order valence-corrected chi connectivity index (χ1v) is 11.5. The Morgan fingerprint density at radius 3 is 2.25 bits per heavy atom. The molecule has 1 N–H and O–H groups in total. The SMILES string of the molecule is CC[C@H](NC(=O)c1c(CBr)n(-c2ccccc2F)c(=O)c2ccccc12)c1ccccc1. The fraction of sp³-hybridized carbons (Fsp3) is 0.154. The Morgan fingerprint density at radius 1 is 0.969 bits per heavy atom. The van der Waals surface area contributed by atoms with Crippen LogP contribution in [-0.4, -0.2) is 10.5 Å². The summed E-state index contributed by atoms with van der Waals surface area (Å²) >= 11 is 3.44. The number of halogens is 2. The molecule has 0 spiro atoms. The molecule has 0 aliphatic heterocycles. The Morgan fingerprint density at radius 2 is 1.59 bits per heavy atom. The van der Waals surface area contributed by atoms with Crippen molar-refractivity contribution in [3.63, 3.8) is 0 Å². The molecule has 162 valence electrons. The van der Waals surface area contributed by atoms with Gasteiger partial charge in [-0.15, -0.1) is 0 Å². The van der Waals surface area contributed by atoms with Crippen molar-refractivity contribution >= 4 is 32.6 Å². The highest BCUT2D eigenvalue weighted by Gasteiger charge is 2.24. The summed E-state index contributed by atoms with van der Waals surface area (Å²) in [6, 6.07) is 22.6. The van der Waals surface area contributed by atoms with Gasteiger partial charge in [-0.25, -0.2) is 4.39 Å². The van der Waals surface area contributed by atoms with Crippen molar-refractivity contribution in [1.29, 1.82) is 0 Å². The van der Waals surface area contributed by atoms with Crippen LogP contribution in [0.4, 0.5) is 4.39 Å². The first-order chi connectivity index (χ1) is 15.6. The number of fused-ring (bicyclic) bond motifs is 1. The number of alkyl halides is 1. The number of carbonyl (C=O) groups excluding carboxylic acids is 1. The molecule has 0 saturated heterocycles. The Hall–Kier alpha value is -3.25. The first kappa shape index (κ1) is 22.0. The summed E-state index contributed by atoms with van der Waals surface area (Å²) in [6.45, 7) is 2.00. The summed E-state index contributed by atoms with van der Waals surface area (Å²) < 4.78 is 16.0. The molecule has 4 aromatic rings. The second-order valence-corrected chi connectivity index (χ2v) is 8.00. The Labute approximate surface area is 193 Å². The number of pyridine rings is 1. The van der Waals surface area contributed by atoms with Gasteiger partial charge in [-0.05, 0) is 30.2 Å². The lowest BCUT2D eigenvalue weighted by Crippen LogP contribution is -2.32. The van der Waals surface area contributed by atoms with E-state index in [0.29, 0.717) is 28.5 Å². The van der Waals surface area contributed by atoms with E-state index in [4.69, 9.17) is 0 Å². The minimum Gasteiger partial charge on any atom is -0.345 e. The lowest BCUT2D eigenvalue weighted by molar-refractivity contribution is 0.0936. The third-order valence-electron chi connectivity index (χ3n) is 5.55. The van der Waals surface area contributed by atoms with E-state index in [-0.39, 0.29) is 28.5 Å². The average molecular weight is 493 g/mol. The van der Waals surface area contributed by atoms with E-state index in [0.717, 1.165) is 5.56 Å². The molecule has 3 aromatic carbocycles. The van der Waals surface area contributed by atoms with E-state index in [1.54, 1.807) is 36.4 Å².